The fraction of sp³-hybridized carbons (Fsp3) is 0.286. The van der Waals surface area contributed by atoms with Crippen LogP contribution >= 0.6 is 0 Å². The predicted octanol–water partition coefficient (Wildman–Crippen LogP) is 1.15. The molecule has 0 saturated heterocycles. The van der Waals surface area contributed by atoms with Gasteiger partial charge in [0.1, 0.15) is 12.4 Å². The van der Waals surface area contributed by atoms with Crippen molar-refractivity contribution in [2.24, 2.45) is 0 Å². The molecule has 0 spiro atoms. The maximum atomic E-state index is 12.7. The van der Waals surface area contributed by atoms with E-state index >= 15 is 0 Å². The summed E-state index contributed by atoms with van der Waals surface area (Å²) in [6.45, 7) is 1.70. The average molecular weight is 258 g/mol. The van der Waals surface area contributed by atoms with Gasteiger partial charge >= 0.3 is 0 Å². The molecule has 1 aromatic carbocycles. The standard InChI is InChI=1S/C14H14N2O3/c1-10-2-3-12-11(6-10)13(18)14(7-17,8-19-12)16-5-4-15-9-16/h2-6,9,17H,7-8H2,1H3. The van der Waals surface area contributed by atoms with E-state index in [2.05, 4.69) is 4.98 Å². The Balaban J connectivity index is 2.14. The Kier molecular flexibility index (Phi) is 2.64. The number of nitrogens with zero attached hydrogens (tertiary/aromatic N) is 2. The van der Waals surface area contributed by atoms with Crippen LogP contribution in [0.2, 0.25) is 0 Å². The molecule has 2 heterocycles. The Bertz CT molecular complexity index is 622. The van der Waals surface area contributed by atoms with E-state index in [1.54, 1.807) is 29.1 Å². The number of aryl methyl sites for hydroxylation is 1. The van der Waals surface area contributed by atoms with Gasteiger partial charge in [-0.15, -0.1) is 0 Å². The van der Waals surface area contributed by atoms with E-state index in [0.29, 0.717) is 11.3 Å². The lowest BCUT2D eigenvalue weighted by atomic mass is 9.87. The van der Waals surface area contributed by atoms with Crippen LogP contribution in [0.4, 0.5) is 0 Å². The molecule has 0 aliphatic carbocycles. The van der Waals surface area contributed by atoms with E-state index in [1.807, 2.05) is 13.0 Å². The highest BCUT2D eigenvalue weighted by molar-refractivity contribution is 6.05. The highest BCUT2D eigenvalue weighted by Crippen LogP contribution is 2.34. The van der Waals surface area contributed by atoms with E-state index < -0.39 is 5.54 Å². The monoisotopic (exact) mass is 258 g/mol. The van der Waals surface area contributed by atoms with Gasteiger partial charge in [-0.05, 0) is 19.1 Å². The summed E-state index contributed by atoms with van der Waals surface area (Å²) in [5.41, 5.74) is 0.376. The number of rotatable bonds is 2. The molecular weight excluding hydrogens is 244 g/mol. The average Bonchev–Trinajstić information content (AvgIpc) is 2.95. The summed E-state index contributed by atoms with van der Waals surface area (Å²) in [6, 6.07) is 5.48. The zero-order valence-corrected chi connectivity index (χ0v) is 10.5. The van der Waals surface area contributed by atoms with Gasteiger partial charge in [0.25, 0.3) is 0 Å². The molecule has 0 fully saturated rings. The Labute approximate surface area is 110 Å². The first-order valence-corrected chi connectivity index (χ1v) is 6.05. The molecule has 19 heavy (non-hydrogen) atoms. The van der Waals surface area contributed by atoms with E-state index in [-0.39, 0.29) is 19.0 Å². The number of imidazole rings is 1. The van der Waals surface area contributed by atoms with Crippen LogP contribution in [0.5, 0.6) is 5.75 Å². The summed E-state index contributed by atoms with van der Waals surface area (Å²) in [6.07, 6.45) is 4.77. The van der Waals surface area contributed by atoms with Crippen molar-refractivity contribution in [3.63, 3.8) is 0 Å². The number of ether oxygens (including phenoxy) is 1. The summed E-state index contributed by atoms with van der Waals surface area (Å²) < 4.78 is 7.26. The van der Waals surface area contributed by atoms with Crippen molar-refractivity contribution in [3.05, 3.63) is 48.0 Å². The lowest BCUT2D eigenvalue weighted by Gasteiger charge is -2.35. The zero-order chi connectivity index (χ0) is 13.5. The van der Waals surface area contributed by atoms with Crippen molar-refractivity contribution < 1.29 is 14.6 Å². The smallest absolute Gasteiger partial charge is 0.198 e. The number of ketones is 1. The van der Waals surface area contributed by atoms with Gasteiger partial charge in [-0.2, -0.15) is 0 Å². The van der Waals surface area contributed by atoms with Gasteiger partial charge in [-0.3, -0.25) is 4.79 Å². The quantitative estimate of drug-likeness (QED) is 0.877. The van der Waals surface area contributed by atoms with Crippen LogP contribution in [0.3, 0.4) is 0 Å². The summed E-state index contributed by atoms with van der Waals surface area (Å²) in [5, 5.41) is 9.73. The Morgan fingerprint density at radius 2 is 2.37 bits per heavy atom. The molecule has 0 amide bonds. The summed E-state index contributed by atoms with van der Waals surface area (Å²) in [7, 11) is 0. The van der Waals surface area contributed by atoms with Gasteiger partial charge in [0.2, 0.25) is 0 Å². The molecule has 3 rings (SSSR count). The van der Waals surface area contributed by atoms with Crippen molar-refractivity contribution in [1.29, 1.82) is 0 Å². The van der Waals surface area contributed by atoms with Crippen LogP contribution < -0.4 is 4.74 Å². The topological polar surface area (TPSA) is 64.3 Å². The van der Waals surface area contributed by atoms with Crippen molar-refractivity contribution >= 4 is 5.78 Å². The lowest BCUT2D eigenvalue weighted by molar-refractivity contribution is 0.0425. The molecular formula is C14H14N2O3. The Hall–Kier alpha value is -2.14. The van der Waals surface area contributed by atoms with Gasteiger partial charge in [0.15, 0.2) is 11.3 Å². The minimum atomic E-state index is -1.11. The molecule has 1 N–H and O–H groups in total. The van der Waals surface area contributed by atoms with Crippen LogP contribution in [0.15, 0.2) is 36.9 Å². The van der Waals surface area contributed by atoms with Gasteiger partial charge in [0.05, 0.1) is 18.5 Å². The van der Waals surface area contributed by atoms with Crippen LogP contribution in [0.25, 0.3) is 0 Å². The molecule has 5 nitrogen and oxygen atoms in total. The van der Waals surface area contributed by atoms with Crippen molar-refractivity contribution in [2.45, 2.75) is 12.5 Å². The molecule has 1 unspecified atom stereocenters. The molecule has 1 aromatic heterocycles. The second-order valence-electron chi connectivity index (χ2n) is 4.78. The maximum absolute atomic E-state index is 12.7. The van der Waals surface area contributed by atoms with E-state index in [0.717, 1.165) is 5.56 Å². The summed E-state index contributed by atoms with van der Waals surface area (Å²) >= 11 is 0. The number of Topliss-reactive ketones (excluding diaryl/α,β-unsaturated/α-hetero) is 1. The second kappa shape index (κ2) is 4.20. The van der Waals surface area contributed by atoms with Gasteiger partial charge in [-0.25, -0.2) is 4.98 Å². The molecule has 0 radical (unpaired) electrons. The number of carbonyl (C=O) groups is 1. The van der Waals surface area contributed by atoms with Crippen LogP contribution in [0, 0.1) is 6.92 Å². The minimum absolute atomic E-state index is 0.106. The Morgan fingerprint density at radius 1 is 1.53 bits per heavy atom. The fourth-order valence-corrected chi connectivity index (χ4v) is 2.36. The molecule has 1 aliphatic heterocycles. The molecule has 0 bridgehead atoms. The maximum Gasteiger partial charge on any atom is 0.198 e. The summed E-state index contributed by atoms with van der Waals surface area (Å²) in [4.78, 5) is 16.7. The number of aliphatic hydroxyl groups excluding tert-OH is 1. The highest BCUT2D eigenvalue weighted by Gasteiger charge is 2.45. The molecule has 1 aliphatic rings. The number of hydrogen-bond donors (Lipinski definition) is 1. The van der Waals surface area contributed by atoms with E-state index in [1.165, 1.54) is 6.33 Å². The van der Waals surface area contributed by atoms with Crippen molar-refractivity contribution in [1.82, 2.24) is 9.55 Å². The predicted molar refractivity (Wildman–Crippen MR) is 68.3 cm³/mol. The Morgan fingerprint density at radius 3 is 3.05 bits per heavy atom. The number of aliphatic hydroxyl groups is 1. The van der Waals surface area contributed by atoms with Crippen LogP contribution in [-0.4, -0.2) is 33.7 Å². The largest absolute Gasteiger partial charge is 0.490 e. The number of hydrogen-bond acceptors (Lipinski definition) is 4. The van der Waals surface area contributed by atoms with E-state index in [9.17, 15) is 9.90 Å². The van der Waals surface area contributed by atoms with Crippen molar-refractivity contribution in [3.8, 4) is 5.75 Å². The third-order valence-electron chi connectivity index (χ3n) is 3.53. The summed E-state index contributed by atoms with van der Waals surface area (Å²) in [5.74, 6) is 0.428. The van der Waals surface area contributed by atoms with Crippen LogP contribution in [-0.2, 0) is 5.54 Å². The molecule has 1 atom stereocenters. The molecule has 98 valence electrons. The third-order valence-corrected chi connectivity index (χ3v) is 3.53. The zero-order valence-electron chi connectivity index (χ0n) is 10.5. The van der Waals surface area contributed by atoms with Crippen molar-refractivity contribution in [2.75, 3.05) is 13.2 Å². The number of benzene rings is 1. The normalized spacial score (nSPS) is 21.9. The van der Waals surface area contributed by atoms with Gasteiger partial charge < -0.3 is 14.4 Å². The third kappa shape index (κ3) is 1.66. The lowest BCUT2D eigenvalue weighted by Crippen LogP contribution is -2.52. The first-order chi connectivity index (χ1) is 9.17. The molecule has 5 heteroatoms. The first kappa shape index (κ1) is 11.9. The van der Waals surface area contributed by atoms with Gasteiger partial charge in [-0.1, -0.05) is 11.6 Å². The minimum Gasteiger partial charge on any atom is -0.490 e. The second-order valence-corrected chi connectivity index (χ2v) is 4.78. The number of aromatic nitrogens is 2. The SMILES string of the molecule is Cc1ccc2c(c1)C(=O)C(CO)(n1ccnc1)CO2. The van der Waals surface area contributed by atoms with Gasteiger partial charge in [0, 0.05) is 12.4 Å². The molecule has 0 saturated carbocycles. The van der Waals surface area contributed by atoms with Crippen LogP contribution in [0.1, 0.15) is 15.9 Å². The molecule has 2 aromatic rings. The number of fused-ring (bicyclic) bond motifs is 1. The van der Waals surface area contributed by atoms with E-state index in [4.69, 9.17) is 4.74 Å². The highest BCUT2D eigenvalue weighted by atomic mass is 16.5. The fourth-order valence-electron chi connectivity index (χ4n) is 2.36. The number of carbonyl (C=O) groups excluding carboxylic acids is 1. The first-order valence-electron chi connectivity index (χ1n) is 6.05.